The maximum Gasteiger partial charge on any atom is 0.377 e. The van der Waals surface area contributed by atoms with Crippen LogP contribution in [-0.2, 0) is 23.9 Å². The van der Waals surface area contributed by atoms with Crippen LogP contribution in [0.3, 0.4) is 0 Å². The van der Waals surface area contributed by atoms with Gasteiger partial charge in [0.05, 0.1) is 27.1 Å². The van der Waals surface area contributed by atoms with E-state index >= 15 is 0 Å². The van der Waals surface area contributed by atoms with Crippen LogP contribution >= 0.6 is 0 Å². The van der Waals surface area contributed by atoms with Crippen molar-refractivity contribution in [3.8, 4) is 0 Å². The van der Waals surface area contributed by atoms with Gasteiger partial charge in [-0.3, -0.25) is 14.4 Å². The van der Waals surface area contributed by atoms with Gasteiger partial charge in [0.2, 0.25) is 0 Å². The molecule has 0 amide bonds. The molecule has 1 atom stereocenters. The first-order valence-corrected chi connectivity index (χ1v) is 5.63. The molecule has 0 aliphatic carbocycles. The predicted octanol–water partition coefficient (Wildman–Crippen LogP) is -1.02. The largest absolute Gasteiger partial charge is 0.480 e. The lowest BCUT2D eigenvalue weighted by atomic mass is 9.82. The molecular weight excluding hydrogens is 257 g/mol. The lowest BCUT2D eigenvalue weighted by Crippen LogP contribution is -2.50. The maximum atomic E-state index is 11.2. The molecule has 0 heterocycles. The quantitative estimate of drug-likeness (QED) is 0.427. The lowest BCUT2D eigenvalue weighted by molar-refractivity contribution is -0.150. The van der Waals surface area contributed by atoms with E-state index in [4.69, 9.17) is 5.11 Å². The van der Waals surface area contributed by atoms with Crippen LogP contribution in [0.1, 0.15) is 12.8 Å². The predicted molar refractivity (Wildman–Crippen MR) is 65.2 cm³/mol. The first-order chi connectivity index (χ1) is 8.83. The Labute approximate surface area is 111 Å². The summed E-state index contributed by atoms with van der Waals surface area (Å²) in [5.41, 5.74) is 0. The highest BCUT2D eigenvalue weighted by atomic mass is 16.5. The molecule has 108 valence electrons. The van der Waals surface area contributed by atoms with E-state index < -0.39 is 37.4 Å². The minimum absolute atomic E-state index is 0.0434. The molecule has 0 aliphatic rings. The number of carboxylic acids is 1. The number of carboxylic acid groups (broad SMARTS) is 1. The van der Waals surface area contributed by atoms with Gasteiger partial charge in [0.25, 0.3) is 0 Å². The molecule has 0 radical (unpaired) electrons. The zero-order chi connectivity index (χ0) is 15.0. The van der Waals surface area contributed by atoms with Gasteiger partial charge in [-0.2, -0.15) is 0 Å². The number of ether oxygens (including phenoxy) is 2. The van der Waals surface area contributed by atoms with E-state index in [0.29, 0.717) is 0 Å². The molecule has 0 fully saturated rings. The van der Waals surface area contributed by atoms with Crippen molar-refractivity contribution in [2.75, 3.05) is 20.8 Å². The summed E-state index contributed by atoms with van der Waals surface area (Å²) in [6.07, 6.45) is -0.510. The normalized spacial score (nSPS) is 11.8. The highest BCUT2D eigenvalue weighted by Crippen LogP contribution is 2.09. The Morgan fingerprint density at radius 1 is 1.21 bits per heavy atom. The molecule has 0 rings (SSSR count). The summed E-state index contributed by atoms with van der Waals surface area (Å²) >= 11 is 0. The standard InChI is InChI=1S/C10H18BNO7/c1-11(17)12(5-4-8(13)18-2)7(10(15)16)6-9(14)19-3/h7,17H,4-6H2,1-3H3,(H,15,16)/t7-/m1/s1. The second-order valence-corrected chi connectivity index (χ2v) is 3.83. The van der Waals surface area contributed by atoms with Crippen molar-refractivity contribution in [2.45, 2.75) is 25.7 Å². The zero-order valence-electron chi connectivity index (χ0n) is 11.2. The van der Waals surface area contributed by atoms with Gasteiger partial charge in [-0.05, 0) is 6.82 Å². The third-order valence-electron chi connectivity index (χ3n) is 2.55. The molecular formula is C10H18BNO7. The Morgan fingerprint density at radius 2 is 1.74 bits per heavy atom. The Hall–Kier alpha value is -1.61. The van der Waals surface area contributed by atoms with Gasteiger partial charge in [-0.15, -0.1) is 0 Å². The summed E-state index contributed by atoms with van der Waals surface area (Å²) in [6.45, 7) is 1.31. The van der Waals surface area contributed by atoms with Crippen molar-refractivity contribution in [3.63, 3.8) is 0 Å². The average Bonchev–Trinajstić information content (AvgIpc) is 2.36. The molecule has 0 bridgehead atoms. The van der Waals surface area contributed by atoms with Crippen LogP contribution in [0, 0.1) is 0 Å². The number of methoxy groups -OCH3 is 2. The van der Waals surface area contributed by atoms with Crippen LogP contribution < -0.4 is 0 Å². The van der Waals surface area contributed by atoms with Gasteiger partial charge in [0.1, 0.15) is 6.04 Å². The fraction of sp³-hybridized carbons (Fsp3) is 0.700. The molecule has 2 N–H and O–H groups in total. The second kappa shape index (κ2) is 8.49. The van der Waals surface area contributed by atoms with Crippen molar-refractivity contribution >= 4 is 25.0 Å². The van der Waals surface area contributed by atoms with Crippen LogP contribution in [-0.4, -0.2) is 66.7 Å². The average molecular weight is 275 g/mol. The van der Waals surface area contributed by atoms with E-state index in [0.717, 1.165) is 11.9 Å². The van der Waals surface area contributed by atoms with E-state index in [1.54, 1.807) is 0 Å². The number of aliphatic carboxylic acids is 1. The number of hydrogen-bond donors (Lipinski definition) is 2. The first kappa shape index (κ1) is 17.4. The van der Waals surface area contributed by atoms with Crippen LogP contribution in [0.5, 0.6) is 0 Å². The molecule has 0 unspecified atom stereocenters. The van der Waals surface area contributed by atoms with Crippen LogP contribution in [0.25, 0.3) is 0 Å². The minimum Gasteiger partial charge on any atom is -0.480 e. The summed E-state index contributed by atoms with van der Waals surface area (Å²) in [6, 6.07) is -1.27. The molecule has 0 aromatic carbocycles. The van der Waals surface area contributed by atoms with Crippen molar-refractivity contribution in [2.24, 2.45) is 0 Å². The highest BCUT2D eigenvalue weighted by Gasteiger charge is 2.33. The van der Waals surface area contributed by atoms with Gasteiger partial charge >= 0.3 is 25.0 Å². The lowest BCUT2D eigenvalue weighted by Gasteiger charge is -2.28. The Morgan fingerprint density at radius 3 is 2.11 bits per heavy atom. The smallest absolute Gasteiger partial charge is 0.377 e. The maximum absolute atomic E-state index is 11.2. The molecule has 9 heteroatoms. The minimum atomic E-state index is -1.28. The number of rotatable bonds is 8. The highest BCUT2D eigenvalue weighted by molar-refractivity contribution is 6.45. The second-order valence-electron chi connectivity index (χ2n) is 3.83. The molecule has 8 nitrogen and oxygen atoms in total. The van der Waals surface area contributed by atoms with Crippen molar-refractivity contribution in [1.29, 1.82) is 0 Å². The molecule has 19 heavy (non-hydrogen) atoms. The first-order valence-electron chi connectivity index (χ1n) is 5.63. The number of nitrogens with zero attached hydrogens (tertiary/aromatic N) is 1. The summed E-state index contributed by atoms with van der Waals surface area (Å²) in [7, 11) is 1.22. The number of hydrogen-bond acceptors (Lipinski definition) is 7. The van der Waals surface area contributed by atoms with Crippen LogP contribution in [0.15, 0.2) is 0 Å². The van der Waals surface area contributed by atoms with E-state index in [1.165, 1.54) is 13.9 Å². The molecule has 0 aliphatic heterocycles. The Bertz CT molecular complexity index is 334. The fourth-order valence-electron chi connectivity index (χ4n) is 1.51. The van der Waals surface area contributed by atoms with Gasteiger partial charge in [0.15, 0.2) is 0 Å². The summed E-state index contributed by atoms with van der Waals surface area (Å²) in [5, 5.41) is 18.6. The third-order valence-corrected chi connectivity index (χ3v) is 2.55. The Balaban J connectivity index is 4.81. The molecule has 0 saturated carbocycles. The van der Waals surface area contributed by atoms with Gasteiger partial charge in [0, 0.05) is 6.54 Å². The van der Waals surface area contributed by atoms with Crippen molar-refractivity contribution in [1.82, 2.24) is 4.81 Å². The van der Waals surface area contributed by atoms with Crippen LogP contribution in [0.2, 0.25) is 6.82 Å². The number of carbonyl (C=O) groups is 3. The van der Waals surface area contributed by atoms with Gasteiger partial charge in [-0.1, -0.05) is 0 Å². The monoisotopic (exact) mass is 275 g/mol. The fourth-order valence-corrected chi connectivity index (χ4v) is 1.51. The summed E-state index contributed by atoms with van der Waals surface area (Å²) < 4.78 is 8.84. The summed E-state index contributed by atoms with van der Waals surface area (Å²) in [5.74, 6) is -2.53. The van der Waals surface area contributed by atoms with Crippen molar-refractivity contribution in [3.05, 3.63) is 0 Å². The third kappa shape index (κ3) is 6.21. The SMILES string of the molecule is COC(=O)CCN(B(C)O)[C@H](CC(=O)OC)C(=O)O. The van der Waals surface area contributed by atoms with E-state index in [9.17, 15) is 19.4 Å². The van der Waals surface area contributed by atoms with Crippen LogP contribution in [0.4, 0.5) is 0 Å². The molecule has 0 spiro atoms. The van der Waals surface area contributed by atoms with Gasteiger partial charge < -0.3 is 24.4 Å². The number of carbonyl (C=O) groups excluding carboxylic acids is 2. The molecule has 0 saturated heterocycles. The Kier molecular flexibility index (Phi) is 7.77. The molecule has 0 aromatic rings. The topological polar surface area (TPSA) is 113 Å². The number of esters is 2. The summed E-state index contributed by atoms with van der Waals surface area (Å²) in [4.78, 5) is 34.5. The van der Waals surface area contributed by atoms with E-state index in [1.807, 2.05) is 0 Å². The van der Waals surface area contributed by atoms with Gasteiger partial charge in [-0.25, -0.2) is 0 Å². The zero-order valence-corrected chi connectivity index (χ0v) is 11.2. The van der Waals surface area contributed by atoms with E-state index in [-0.39, 0.29) is 13.0 Å². The van der Waals surface area contributed by atoms with Crippen molar-refractivity contribution < 1.29 is 34.0 Å². The molecule has 0 aromatic heterocycles. The van der Waals surface area contributed by atoms with E-state index in [2.05, 4.69) is 9.47 Å².